The zero-order valence-electron chi connectivity index (χ0n) is 25.1. The lowest BCUT2D eigenvalue weighted by Crippen LogP contribution is -2.75. The Morgan fingerprint density at radius 2 is 0.702 bits per heavy atom. The van der Waals surface area contributed by atoms with Gasteiger partial charge in [-0.3, -0.25) is 0 Å². The number of unbranched alkanes of at least 4 members (excludes halogenated alkanes) is 1. The van der Waals surface area contributed by atoms with Crippen molar-refractivity contribution in [2.45, 2.75) is 32.6 Å². The van der Waals surface area contributed by atoms with Crippen molar-refractivity contribution in [1.82, 2.24) is 0 Å². The van der Waals surface area contributed by atoms with E-state index in [-0.39, 0.29) is 48.5 Å². The smallest absolute Gasteiger partial charge is 0.194 e. The van der Waals surface area contributed by atoms with Crippen LogP contribution in [0.1, 0.15) is 32.6 Å². The maximum Gasteiger partial charge on any atom is 0.194 e. The summed E-state index contributed by atoms with van der Waals surface area (Å²) in [5, 5.41) is 0. The minimum atomic E-state index is -4.01. The molecule has 0 bridgehead atoms. The van der Waals surface area contributed by atoms with Crippen LogP contribution < -0.4 is 21.9 Å². The Bertz CT molecular complexity index is 1460. The zero-order valence-corrected chi connectivity index (χ0v) is 25.1. The van der Waals surface area contributed by atoms with Crippen LogP contribution in [0.5, 0.6) is 0 Å². The number of quaternary nitrogens is 1. The van der Waals surface area contributed by atoms with Gasteiger partial charge >= 0.3 is 0 Å². The normalized spacial score (nSPS) is 14.3. The minimum absolute atomic E-state index is 0.177. The molecule has 47 heavy (non-hydrogen) atoms. The Kier molecular flexibility index (Phi) is 10.7. The minimum Gasteiger partial charge on any atom is -0.326 e. The van der Waals surface area contributed by atoms with Crippen LogP contribution in [0.25, 0.3) is 0 Å². The first-order valence-electron chi connectivity index (χ1n) is 14.6. The Morgan fingerprint density at radius 3 is 0.915 bits per heavy atom. The maximum atomic E-state index is 14.4. The Hall–Kier alpha value is -3.94. The van der Waals surface area contributed by atoms with E-state index in [9.17, 15) is 52.7 Å². The van der Waals surface area contributed by atoms with Gasteiger partial charge in [-0.2, -0.15) is 21.9 Å². The van der Waals surface area contributed by atoms with E-state index >= 15 is 0 Å². The molecule has 0 radical (unpaired) electrons. The molecule has 0 atom stereocenters. The maximum absolute atomic E-state index is 14.4. The number of hydrogen-bond acceptors (Lipinski definition) is 0. The average molecular weight is 677 g/mol. The van der Waals surface area contributed by atoms with E-state index in [0.717, 1.165) is 0 Å². The summed E-state index contributed by atoms with van der Waals surface area (Å²) in [6.07, 6.45) is 1.67. The van der Waals surface area contributed by atoms with Crippen molar-refractivity contribution in [1.29, 1.82) is 0 Å². The van der Waals surface area contributed by atoms with E-state index in [2.05, 4.69) is 14.0 Å². The molecule has 1 aliphatic rings. The van der Waals surface area contributed by atoms with Crippen LogP contribution in [-0.4, -0.2) is 37.3 Å². The first-order valence-corrected chi connectivity index (χ1v) is 14.6. The van der Waals surface area contributed by atoms with Gasteiger partial charge in [0.2, 0.25) is 0 Å². The highest BCUT2D eigenvalue weighted by molar-refractivity contribution is 7.19. The molecular weight excluding hydrogens is 649 g/mol. The molecule has 4 aromatic carbocycles. The van der Waals surface area contributed by atoms with E-state index in [4.69, 9.17) is 0 Å². The van der Waals surface area contributed by atoms with Crippen molar-refractivity contribution in [2.24, 2.45) is 0 Å². The Labute approximate surface area is 263 Å². The van der Waals surface area contributed by atoms with Gasteiger partial charge in [0.05, 0.1) is 26.7 Å². The molecule has 1 saturated heterocycles. The highest BCUT2D eigenvalue weighted by Crippen LogP contribution is 2.21. The monoisotopic (exact) mass is 677 g/mol. The van der Waals surface area contributed by atoms with Crippen molar-refractivity contribution < 1.29 is 57.2 Å². The van der Waals surface area contributed by atoms with Gasteiger partial charge in [0.1, 0.15) is 6.15 Å². The molecule has 0 amide bonds. The first-order chi connectivity index (χ1) is 22.0. The summed E-state index contributed by atoms with van der Waals surface area (Å²) < 4.78 is 171. The molecule has 5 rings (SSSR count). The molecule has 0 aromatic heterocycles. The second-order valence-electron chi connectivity index (χ2n) is 11.9. The third-order valence-electron chi connectivity index (χ3n) is 8.72. The predicted octanol–water partition coefficient (Wildman–Crippen LogP) is 6.76. The van der Waals surface area contributed by atoms with Crippen LogP contribution >= 0.6 is 0 Å². The van der Waals surface area contributed by atoms with Gasteiger partial charge < -0.3 is 4.48 Å². The third kappa shape index (κ3) is 7.02. The fourth-order valence-corrected chi connectivity index (χ4v) is 6.32. The third-order valence-corrected chi connectivity index (χ3v) is 8.72. The molecule has 0 aliphatic carbocycles. The van der Waals surface area contributed by atoms with Crippen LogP contribution in [0.4, 0.5) is 52.7 Å². The summed E-state index contributed by atoms with van der Waals surface area (Å²) in [5.74, 6) is -24.0. The highest BCUT2D eigenvalue weighted by atomic mass is 19.2. The quantitative estimate of drug-likeness (QED) is 0.0879. The van der Waals surface area contributed by atoms with Gasteiger partial charge in [0.25, 0.3) is 0 Å². The average Bonchev–Trinajstić information content (AvgIpc) is 3.45. The summed E-state index contributed by atoms with van der Waals surface area (Å²) in [6, 6.07) is 1.41. The fourth-order valence-electron chi connectivity index (χ4n) is 6.32. The van der Waals surface area contributed by atoms with Gasteiger partial charge in [0.15, 0.2) is 69.8 Å². The second kappa shape index (κ2) is 14.0. The molecule has 0 N–H and O–H groups in total. The van der Waals surface area contributed by atoms with Crippen LogP contribution in [0.3, 0.4) is 0 Å². The lowest BCUT2D eigenvalue weighted by atomic mass is 9.13. The van der Waals surface area contributed by atoms with Gasteiger partial charge in [-0.05, 0) is 6.42 Å². The van der Waals surface area contributed by atoms with Crippen LogP contribution in [0.2, 0.25) is 0 Å². The number of rotatable bonds is 7. The van der Waals surface area contributed by atoms with E-state index < -0.39 is 97.8 Å². The molecule has 1 fully saturated rings. The molecular formula is C33H28BF12N. The summed E-state index contributed by atoms with van der Waals surface area (Å²) in [5.41, 5.74) is -3.79. The standard InChI is InChI=1S/C24H8BF12.C9H20N/c26-13-1-9(2-14(27)21(13)34)25(10-3-15(28)22(35)16(29)4-10,11-5-17(30)23(36)18(31)6-11)12-7-19(32)24(37)20(33)8-12;1-3-4-7-10(2)8-5-6-9-10/h1-8H;3-9H2,1-2H3/q-1;+1. The molecule has 0 saturated carbocycles. The number of nitrogens with zero attached hydrogens (tertiary/aromatic N) is 1. The number of likely N-dealkylation sites (tertiary alicyclic amines) is 1. The second-order valence-corrected chi connectivity index (χ2v) is 11.9. The molecule has 14 heteroatoms. The predicted molar refractivity (Wildman–Crippen MR) is 154 cm³/mol. The Morgan fingerprint density at radius 1 is 0.468 bits per heavy atom. The topological polar surface area (TPSA) is 0 Å². The molecule has 1 nitrogen and oxygen atoms in total. The first kappa shape index (κ1) is 35.9. The van der Waals surface area contributed by atoms with Gasteiger partial charge in [-0.15, -0.1) is 0 Å². The molecule has 252 valence electrons. The van der Waals surface area contributed by atoms with Crippen molar-refractivity contribution in [3.8, 4) is 0 Å². The largest absolute Gasteiger partial charge is 0.326 e. The molecule has 1 heterocycles. The lowest BCUT2D eigenvalue weighted by molar-refractivity contribution is -0.897. The van der Waals surface area contributed by atoms with Gasteiger partial charge in [-0.25, -0.2) is 52.7 Å². The van der Waals surface area contributed by atoms with Crippen LogP contribution in [0.15, 0.2) is 48.5 Å². The van der Waals surface area contributed by atoms with E-state index in [1.165, 1.54) is 49.8 Å². The Balaban J connectivity index is 0.000000427. The van der Waals surface area contributed by atoms with Gasteiger partial charge in [-0.1, -0.05) is 61.9 Å². The molecule has 1 aliphatic heterocycles. The van der Waals surface area contributed by atoms with E-state index in [1.807, 2.05) is 0 Å². The zero-order chi connectivity index (χ0) is 34.8. The van der Waals surface area contributed by atoms with Gasteiger partial charge in [0, 0.05) is 12.8 Å². The van der Waals surface area contributed by atoms with Crippen molar-refractivity contribution in [3.05, 3.63) is 118 Å². The van der Waals surface area contributed by atoms with Crippen LogP contribution in [-0.2, 0) is 0 Å². The van der Waals surface area contributed by atoms with Crippen LogP contribution in [0, 0.1) is 69.8 Å². The van der Waals surface area contributed by atoms with Crippen molar-refractivity contribution >= 4 is 28.0 Å². The SMILES string of the molecule is CCCC[N+]1(C)CCCC1.Fc1cc([B-](c2cc(F)c(F)c(F)c2)(c2cc(F)c(F)c(F)c2)c2cc(F)c(F)c(F)c2)cc(F)c1F. The number of hydrogen-bond donors (Lipinski definition) is 0. The fraction of sp³-hybridized carbons (Fsp3) is 0.273. The summed E-state index contributed by atoms with van der Waals surface area (Å²) in [6.45, 7) is 6.55. The summed E-state index contributed by atoms with van der Waals surface area (Å²) in [7, 11) is 2.41. The highest BCUT2D eigenvalue weighted by Gasteiger charge is 2.37. The van der Waals surface area contributed by atoms with E-state index in [1.54, 1.807) is 0 Å². The van der Waals surface area contributed by atoms with E-state index in [0.29, 0.717) is 0 Å². The van der Waals surface area contributed by atoms with Crippen molar-refractivity contribution in [3.63, 3.8) is 0 Å². The lowest BCUT2D eigenvalue weighted by Gasteiger charge is -2.44. The number of benzene rings is 4. The number of halogens is 12. The molecule has 0 spiro atoms. The summed E-state index contributed by atoms with van der Waals surface area (Å²) in [4.78, 5) is 0. The molecule has 0 unspecified atom stereocenters. The summed E-state index contributed by atoms with van der Waals surface area (Å²) >= 11 is 0. The van der Waals surface area contributed by atoms with Crippen molar-refractivity contribution in [2.75, 3.05) is 26.7 Å². The molecule has 4 aromatic rings.